The Kier molecular flexibility index (Phi) is 9.08. The second kappa shape index (κ2) is 13.3. The third-order valence-electron chi connectivity index (χ3n) is 8.11. The summed E-state index contributed by atoms with van der Waals surface area (Å²) in [5.41, 5.74) is -0.808. The number of rotatable bonds is 8. The monoisotopic (exact) mass is 715 g/mol. The molecule has 0 saturated carbocycles. The molecule has 20 heteroatoms. The van der Waals surface area contributed by atoms with Crippen molar-refractivity contribution in [3.8, 4) is 17.4 Å². The van der Waals surface area contributed by atoms with E-state index in [0.29, 0.717) is 17.5 Å². The van der Waals surface area contributed by atoms with Crippen LogP contribution in [0.3, 0.4) is 0 Å². The molecule has 262 valence electrons. The number of amides is 2. The lowest BCUT2D eigenvalue weighted by molar-refractivity contribution is -0.137. The Morgan fingerprint density at radius 2 is 1.88 bits per heavy atom. The smallest absolute Gasteiger partial charge is 0.416 e. The molecule has 5 aromatic rings. The van der Waals surface area contributed by atoms with Crippen LogP contribution in [0.4, 0.5) is 24.5 Å². The van der Waals surface area contributed by atoms with Crippen molar-refractivity contribution in [2.75, 3.05) is 43.5 Å². The molecule has 16 nitrogen and oxygen atoms in total. The molecule has 4 aromatic heterocycles. The Bertz CT molecular complexity index is 2170. The van der Waals surface area contributed by atoms with Gasteiger partial charge in [0.2, 0.25) is 11.7 Å². The van der Waals surface area contributed by atoms with E-state index in [2.05, 4.69) is 30.5 Å². The van der Waals surface area contributed by atoms with Crippen molar-refractivity contribution in [3.05, 3.63) is 74.9 Å². The molecule has 6 rings (SSSR count). The SMILES string of the molecule is CCc1c(N2CCN(C(=O)c3ncnc(C)c3O)CC2)c(=O)n2nc(-n3cc(OC)cn3)nc2n1CC(=O)Nc1ccc(C(F)(F)F)cc1Cl. The van der Waals surface area contributed by atoms with E-state index in [0.717, 1.165) is 16.6 Å². The third-order valence-corrected chi connectivity index (χ3v) is 8.42. The zero-order valence-electron chi connectivity index (χ0n) is 26.8. The number of carbonyl (C=O) groups excluding carboxylic acids is 2. The Balaban J connectivity index is 1.36. The fourth-order valence-corrected chi connectivity index (χ4v) is 5.80. The number of carbonyl (C=O) groups is 2. The molecule has 0 atom stereocenters. The van der Waals surface area contributed by atoms with Gasteiger partial charge in [-0.05, 0) is 31.5 Å². The van der Waals surface area contributed by atoms with E-state index in [1.54, 1.807) is 18.7 Å². The van der Waals surface area contributed by atoms with Crippen molar-refractivity contribution in [1.29, 1.82) is 0 Å². The lowest BCUT2D eigenvalue weighted by Crippen LogP contribution is -2.51. The van der Waals surface area contributed by atoms with E-state index in [1.807, 2.05) is 0 Å². The second-order valence-corrected chi connectivity index (χ2v) is 11.6. The minimum atomic E-state index is -4.63. The van der Waals surface area contributed by atoms with Gasteiger partial charge in [0, 0.05) is 26.2 Å². The fraction of sp³-hybridized carbons (Fsp3) is 0.333. The molecule has 0 aliphatic carbocycles. The maximum Gasteiger partial charge on any atom is 0.416 e. The number of halogens is 4. The summed E-state index contributed by atoms with van der Waals surface area (Å²) in [6.07, 6.45) is -0.264. The van der Waals surface area contributed by atoms with Gasteiger partial charge >= 0.3 is 6.18 Å². The zero-order valence-corrected chi connectivity index (χ0v) is 27.5. The highest BCUT2D eigenvalue weighted by Gasteiger charge is 2.32. The predicted molar refractivity (Wildman–Crippen MR) is 172 cm³/mol. The standard InChI is InChI=1S/C30H29ClF3N11O5/c1-4-21-24(41-7-9-42(10-8-41)26(48)23-25(47)16(2)35-15-36-23)27(49)45-29(39-28(40-45)44-13-18(50-3)12-37-44)43(21)14-22(46)38-20-6-5-17(11-19(20)31)30(32,33)34/h5-6,11-13,15,47H,4,7-10,14H2,1-3H3,(H,38,46). The van der Waals surface area contributed by atoms with E-state index in [1.165, 1.54) is 40.0 Å². The molecule has 0 unspecified atom stereocenters. The van der Waals surface area contributed by atoms with Crippen LogP contribution in [0.1, 0.15) is 34.4 Å². The summed E-state index contributed by atoms with van der Waals surface area (Å²) in [7, 11) is 1.45. The first-order chi connectivity index (χ1) is 23.8. The van der Waals surface area contributed by atoms with Gasteiger partial charge in [-0.25, -0.2) is 14.6 Å². The molecule has 1 aliphatic heterocycles. The van der Waals surface area contributed by atoms with Crippen LogP contribution in [0.15, 0.2) is 41.7 Å². The number of hydrogen-bond donors (Lipinski definition) is 2. The Hall–Kier alpha value is -5.72. The van der Waals surface area contributed by atoms with Gasteiger partial charge in [0.05, 0.1) is 47.2 Å². The molecule has 5 heterocycles. The van der Waals surface area contributed by atoms with Gasteiger partial charge in [-0.3, -0.25) is 14.4 Å². The van der Waals surface area contributed by atoms with Crippen LogP contribution in [0, 0.1) is 6.92 Å². The van der Waals surface area contributed by atoms with Crippen LogP contribution in [0.5, 0.6) is 11.5 Å². The predicted octanol–water partition coefficient (Wildman–Crippen LogP) is 2.73. The van der Waals surface area contributed by atoms with Gasteiger partial charge in [-0.1, -0.05) is 18.5 Å². The zero-order chi connectivity index (χ0) is 35.9. The van der Waals surface area contributed by atoms with Gasteiger partial charge in [-0.15, -0.1) is 5.10 Å². The first-order valence-electron chi connectivity index (χ1n) is 15.1. The van der Waals surface area contributed by atoms with E-state index in [4.69, 9.17) is 16.3 Å². The van der Waals surface area contributed by atoms with Gasteiger partial charge < -0.3 is 29.5 Å². The van der Waals surface area contributed by atoms with Crippen molar-refractivity contribution in [2.45, 2.75) is 33.0 Å². The number of benzene rings is 1. The highest BCUT2D eigenvalue weighted by molar-refractivity contribution is 6.33. The highest BCUT2D eigenvalue weighted by Crippen LogP contribution is 2.34. The van der Waals surface area contributed by atoms with E-state index in [9.17, 15) is 32.7 Å². The quantitative estimate of drug-likeness (QED) is 0.241. The molecular weight excluding hydrogens is 687 g/mol. The number of hydrogen-bond acceptors (Lipinski definition) is 11. The molecule has 1 aliphatic rings. The van der Waals surface area contributed by atoms with E-state index < -0.39 is 35.7 Å². The molecule has 1 saturated heterocycles. The fourth-order valence-electron chi connectivity index (χ4n) is 5.57. The van der Waals surface area contributed by atoms with E-state index in [-0.39, 0.29) is 77.9 Å². The maximum absolute atomic E-state index is 14.1. The second-order valence-electron chi connectivity index (χ2n) is 11.2. The molecule has 0 spiro atoms. The largest absolute Gasteiger partial charge is 0.504 e. The van der Waals surface area contributed by atoms with Crippen molar-refractivity contribution >= 4 is 40.6 Å². The van der Waals surface area contributed by atoms with Gasteiger partial charge in [0.15, 0.2) is 17.2 Å². The van der Waals surface area contributed by atoms with Gasteiger partial charge in [0.25, 0.3) is 17.4 Å². The van der Waals surface area contributed by atoms with E-state index >= 15 is 0 Å². The minimum Gasteiger partial charge on any atom is -0.504 e. The molecule has 1 aromatic carbocycles. The summed E-state index contributed by atoms with van der Waals surface area (Å²) in [6, 6.07) is 2.57. The Labute approximate surface area is 285 Å². The summed E-state index contributed by atoms with van der Waals surface area (Å²) in [5.74, 6) is -1.07. The summed E-state index contributed by atoms with van der Waals surface area (Å²) in [5, 5.41) is 21.1. The first-order valence-corrected chi connectivity index (χ1v) is 15.5. The first kappa shape index (κ1) is 34.2. The number of aromatic nitrogens is 8. The van der Waals surface area contributed by atoms with Crippen LogP contribution in [-0.4, -0.2) is 94.0 Å². The van der Waals surface area contributed by atoms with Crippen LogP contribution in [0.25, 0.3) is 11.7 Å². The minimum absolute atomic E-state index is 0.0000804. The molecular formula is C30H29ClF3N11O5. The van der Waals surface area contributed by atoms with Gasteiger partial charge in [0.1, 0.15) is 18.6 Å². The maximum atomic E-state index is 14.1. The number of methoxy groups -OCH3 is 1. The van der Waals surface area contributed by atoms with Crippen molar-refractivity contribution in [2.24, 2.45) is 0 Å². The molecule has 0 radical (unpaired) electrons. The number of fused-ring (bicyclic) bond motifs is 1. The molecule has 1 fully saturated rings. The van der Waals surface area contributed by atoms with Gasteiger partial charge in [-0.2, -0.15) is 27.8 Å². The average Bonchev–Trinajstić information content (AvgIpc) is 3.76. The van der Waals surface area contributed by atoms with Crippen molar-refractivity contribution in [1.82, 2.24) is 43.8 Å². The Morgan fingerprint density at radius 1 is 1.14 bits per heavy atom. The summed E-state index contributed by atoms with van der Waals surface area (Å²) in [6.45, 7) is 3.66. The van der Waals surface area contributed by atoms with Crippen molar-refractivity contribution < 1.29 is 32.6 Å². The highest BCUT2D eigenvalue weighted by atomic mass is 35.5. The summed E-state index contributed by atoms with van der Waals surface area (Å²) in [4.78, 5) is 56.4. The number of aromatic hydroxyl groups is 1. The number of piperazine rings is 1. The van der Waals surface area contributed by atoms with Crippen LogP contribution in [-0.2, 0) is 23.9 Å². The molecule has 2 N–H and O–H groups in total. The average molecular weight is 716 g/mol. The molecule has 0 bridgehead atoms. The number of aryl methyl sites for hydroxylation is 1. The number of nitrogens with one attached hydrogen (secondary N) is 1. The number of nitrogens with zero attached hydrogens (tertiary/aromatic N) is 10. The number of anilines is 2. The van der Waals surface area contributed by atoms with Crippen molar-refractivity contribution in [3.63, 3.8) is 0 Å². The topological polar surface area (TPSA) is 178 Å². The Morgan fingerprint density at radius 3 is 2.52 bits per heavy atom. The molecule has 50 heavy (non-hydrogen) atoms. The summed E-state index contributed by atoms with van der Waals surface area (Å²) < 4.78 is 48.5. The summed E-state index contributed by atoms with van der Waals surface area (Å²) >= 11 is 6.09. The van der Waals surface area contributed by atoms with Crippen LogP contribution < -0.4 is 20.5 Å². The lowest BCUT2D eigenvalue weighted by Gasteiger charge is -2.36. The number of ether oxygens (including phenoxy) is 1. The lowest BCUT2D eigenvalue weighted by atomic mass is 10.2. The van der Waals surface area contributed by atoms with Crippen LogP contribution >= 0.6 is 11.6 Å². The third kappa shape index (κ3) is 6.38. The van der Waals surface area contributed by atoms with Crippen LogP contribution in [0.2, 0.25) is 5.02 Å². The normalized spacial score (nSPS) is 13.6. The molecule has 2 amide bonds. The number of alkyl halides is 3.